The Morgan fingerprint density at radius 3 is 3.10 bits per heavy atom. The van der Waals surface area contributed by atoms with Crippen LogP contribution in [0.1, 0.15) is 19.8 Å². The number of anilines is 1. The predicted octanol–water partition coefficient (Wildman–Crippen LogP) is 2.31. The van der Waals surface area contributed by atoms with Crippen molar-refractivity contribution in [2.45, 2.75) is 25.8 Å². The summed E-state index contributed by atoms with van der Waals surface area (Å²) in [6.45, 7) is 4.81. The van der Waals surface area contributed by atoms with Crippen LogP contribution in [0.5, 0.6) is 0 Å². The minimum absolute atomic E-state index is 0.0209. The summed E-state index contributed by atoms with van der Waals surface area (Å²) in [5, 5.41) is 14.2. The van der Waals surface area contributed by atoms with E-state index in [2.05, 4.69) is 22.1 Å². The van der Waals surface area contributed by atoms with Crippen molar-refractivity contribution in [2.75, 3.05) is 24.5 Å². The largest absolute Gasteiger partial charge is 0.423 e. The number of nitro groups is 1. The van der Waals surface area contributed by atoms with E-state index in [0.717, 1.165) is 32.5 Å². The number of hydrogen-bond acceptors (Lipinski definition) is 6. The van der Waals surface area contributed by atoms with Crippen LogP contribution in [-0.2, 0) is 0 Å². The first-order chi connectivity index (χ1) is 10.2. The Labute approximate surface area is 122 Å². The van der Waals surface area contributed by atoms with Crippen molar-refractivity contribution in [3.05, 3.63) is 28.3 Å². The number of fused-ring (bicyclic) bond motifs is 1. The Hall–Kier alpha value is -2.15. The van der Waals surface area contributed by atoms with Gasteiger partial charge in [-0.3, -0.25) is 10.1 Å². The number of likely N-dealkylation sites (N-methyl/N-ethyl adjacent to an activating group) is 1. The summed E-state index contributed by atoms with van der Waals surface area (Å²) in [6.07, 6.45) is 2.23. The van der Waals surface area contributed by atoms with E-state index < -0.39 is 4.92 Å². The summed E-state index contributed by atoms with van der Waals surface area (Å²) in [5.74, 6) is 0. The Kier molecular flexibility index (Phi) is 3.74. The van der Waals surface area contributed by atoms with Gasteiger partial charge in [-0.25, -0.2) is 0 Å². The van der Waals surface area contributed by atoms with E-state index >= 15 is 0 Å². The molecule has 0 bridgehead atoms. The first kappa shape index (κ1) is 13.8. The molecule has 1 aliphatic rings. The van der Waals surface area contributed by atoms with Gasteiger partial charge in [0.2, 0.25) is 0 Å². The Morgan fingerprint density at radius 1 is 1.57 bits per heavy atom. The number of benzene rings is 1. The molecule has 21 heavy (non-hydrogen) atoms. The molecule has 1 aliphatic heterocycles. The van der Waals surface area contributed by atoms with E-state index in [1.54, 1.807) is 6.07 Å². The molecule has 1 aromatic carbocycles. The molecule has 1 saturated heterocycles. The van der Waals surface area contributed by atoms with Gasteiger partial charge >= 0.3 is 0 Å². The maximum absolute atomic E-state index is 10.8. The van der Waals surface area contributed by atoms with Gasteiger partial charge in [0.1, 0.15) is 5.52 Å². The molecular weight excluding hydrogens is 272 g/mol. The van der Waals surface area contributed by atoms with Crippen molar-refractivity contribution in [1.82, 2.24) is 10.3 Å². The summed E-state index contributed by atoms with van der Waals surface area (Å²) < 4.78 is 5.75. The monoisotopic (exact) mass is 290 g/mol. The molecule has 2 heterocycles. The number of aromatic nitrogens is 1. The smallest absolute Gasteiger partial charge is 0.298 e. The van der Waals surface area contributed by atoms with Crippen molar-refractivity contribution in [3.8, 4) is 0 Å². The average molecular weight is 290 g/mol. The normalized spacial score (nSPS) is 18.8. The topological polar surface area (TPSA) is 84.4 Å². The summed E-state index contributed by atoms with van der Waals surface area (Å²) in [6, 6.07) is 5.41. The second-order valence-electron chi connectivity index (χ2n) is 5.19. The highest BCUT2D eigenvalue weighted by atomic mass is 16.6. The van der Waals surface area contributed by atoms with Crippen molar-refractivity contribution in [3.63, 3.8) is 0 Å². The first-order valence-electron chi connectivity index (χ1n) is 7.21. The molecule has 7 heteroatoms. The standard InChI is InChI=1S/C14H18N4O3/c1-2-17(11-4-3-7-15-9-11)14-16-12-6-5-10(18(19)20)8-13(12)21-14/h5-6,8,11,15H,2-4,7,9H2,1H3. The molecule has 112 valence electrons. The van der Waals surface area contributed by atoms with Crippen LogP contribution in [0.25, 0.3) is 11.1 Å². The SMILES string of the molecule is CCN(c1nc2ccc([N+](=O)[O-])cc2o1)C1CCCNC1. The van der Waals surface area contributed by atoms with Gasteiger partial charge in [0.15, 0.2) is 5.58 Å². The molecule has 3 rings (SSSR count). The summed E-state index contributed by atoms with van der Waals surface area (Å²) in [5.41, 5.74) is 1.13. The van der Waals surface area contributed by atoms with Gasteiger partial charge in [0.05, 0.1) is 11.0 Å². The van der Waals surface area contributed by atoms with Gasteiger partial charge < -0.3 is 14.6 Å². The molecule has 0 radical (unpaired) electrons. The van der Waals surface area contributed by atoms with Gasteiger partial charge in [-0.2, -0.15) is 4.98 Å². The van der Waals surface area contributed by atoms with Crippen molar-refractivity contribution in [1.29, 1.82) is 0 Å². The van der Waals surface area contributed by atoms with Crippen molar-refractivity contribution in [2.24, 2.45) is 0 Å². The van der Waals surface area contributed by atoms with E-state index in [-0.39, 0.29) is 5.69 Å². The molecule has 0 aliphatic carbocycles. The van der Waals surface area contributed by atoms with E-state index in [1.165, 1.54) is 12.1 Å². The summed E-state index contributed by atoms with van der Waals surface area (Å²) in [4.78, 5) is 17.0. The van der Waals surface area contributed by atoms with Crippen molar-refractivity contribution >= 4 is 22.8 Å². The van der Waals surface area contributed by atoms with Crippen LogP contribution in [0, 0.1) is 10.1 Å². The zero-order valence-electron chi connectivity index (χ0n) is 11.9. The van der Waals surface area contributed by atoms with E-state index in [4.69, 9.17) is 4.42 Å². The van der Waals surface area contributed by atoms with Gasteiger partial charge in [0, 0.05) is 25.2 Å². The van der Waals surface area contributed by atoms with E-state index in [1.807, 2.05) is 0 Å². The number of oxazole rings is 1. The molecule has 1 fully saturated rings. The second kappa shape index (κ2) is 5.69. The molecule has 1 N–H and O–H groups in total. The lowest BCUT2D eigenvalue weighted by Crippen LogP contribution is -2.46. The summed E-state index contributed by atoms with van der Waals surface area (Å²) >= 11 is 0. The predicted molar refractivity (Wildman–Crippen MR) is 79.6 cm³/mol. The second-order valence-corrected chi connectivity index (χ2v) is 5.19. The Balaban J connectivity index is 1.92. The van der Waals surface area contributed by atoms with Gasteiger partial charge in [-0.05, 0) is 32.4 Å². The maximum atomic E-state index is 10.8. The van der Waals surface area contributed by atoms with Crippen LogP contribution in [0.15, 0.2) is 22.6 Å². The number of nitrogens with one attached hydrogen (secondary N) is 1. The minimum atomic E-state index is -0.426. The molecule has 2 aromatic rings. The number of nitro benzene ring substituents is 1. The fourth-order valence-electron chi connectivity index (χ4n) is 2.79. The lowest BCUT2D eigenvalue weighted by Gasteiger charge is -2.32. The van der Waals surface area contributed by atoms with Crippen LogP contribution in [0.2, 0.25) is 0 Å². The fourth-order valence-corrected chi connectivity index (χ4v) is 2.79. The van der Waals surface area contributed by atoms with Gasteiger partial charge in [-0.15, -0.1) is 0 Å². The molecule has 0 saturated carbocycles. The molecule has 1 unspecified atom stereocenters. The van der Waals surface area contributed by atoms with Crippen LogP contribution >= 0.6 is 0 Å². The minimum Gasteiger partial charge on any atom is -0.423 e. The van der Waals surface area contributed by atoms with Crippen LogP contribution in [-0.4, -0.2) is 35.6 Å². The number of non-ortho nitro benzene ring substituents is 1. The Morgan fingerprint density at radius 2 is 2.43 bits per heavy atom. The highest BCUT2D eigenvalue weighted by molar-refractivity contribution is 5.77. The van der Waals surface area contributed by atoms with Gasteiger partial charge in [0.25, 0.3) is 11.7 Å². The molecule has 1 aromatic heterocycles. The maximum Gasteiger partial charge on any atom is 0.298 e. The fraction of sp³-hybridized carbons (Fsp3) is 0.500. The molecular formula is C14H18N4O3. The zero-order valence-corrected chi connectivity index (χ0v) is 11.9. The first-order valence-corrected chi connectivity index (χ1v) is 7.21. The van der Waals surface area contributed by atoms with E-state index in [9.17, 15) is 10.1 Å². The molecule has 7 nitrogen and oxygen atoms in total. The molecule has 0 spiro atoms. The third-order valence-electron chi connectivity index (χ3n) is 3.87. The lowest BCUT2D eigenvalue weighted by atomic mass is 10.1. The highest BCUT2D eigenvalue weighted by Gasteiger charge is 2.24. The van der Waals surface area contributed by atoms with E-state index in [0.29, 0.717) is 23.2 Å². The van der Waals surface area contributed by atoms with Gasteiger partial charge in [-0.1, -0.05) is 0 Å². The quantitative estimate of drug-likeness (QED) is 0.687. The lowest BCUT2D eigenvalue weighted by molar-refractivity contribution is -0.384. The zero-order chi connectivity index (χ0) is 14.8. The number of hydrogen-bond donors (Lipinski definition) is 1. The van der Waals surface area contributed by atoms with Crippen LogP contribution < -0.4 is 10.2 Å². The highest BCUT2D eigenvalue weighted by Crippen LogP contribution is 2.27. The molecule has 0 amide bonds. The summed E-state index contributed by atoms with van der Waals surface area (Å²) in [7, 11) is 0. The molecule has 1 atom stereocenters. The average Bonchev–Trinajstić information content (AvgIpc) is 2.91. The third kappa shape index (κ3) is 2.69. The Bertz CT molecular complexity index is 649. The van der Waals surface area contributed by atoms with Crippen LogP contribution in [0.4, 0.5) is 11.7 Å². The van der Waals surface area contributed by atoms with Crippen LogP contribution in [0.3, 0.4) is 0 Å². The number of nitrogens with zero attached hydrogens (tertiary/aromatic N) is 3. The number of piperidine rings is 1. The third-order valence-corrected chi connectivity index (χ3v) is 3.87. The van der Waals surface area contributed by atoms with Crippen molar-refractivity contribution < 1.29 is 9.34 Å². The number of rotatable bonds is 4.